The first-order valence-corrected chi connectivity index (χ1v) is 14.0. The lowest BCUT2D eigenvalue weighted by atomic mass is 10.0. The van der Waals surface area contributed by atoms with Crippen LogP contribution >= 0.6 is 0 Å². The van der Waals surface area contributed by atoms with Crippen molar-refractivity contribution in [1.29, 1.82) is 0 Å². The number of hydrogen-bond donors (Lipinski definition) is 1. The van der Waals surface area contributed by atoms with Gasteiger partial charge in [0, 0.05) is 24.7 Å². The van der Waals surface area contributed by atoms with E-state index >= 15 is 0 Å². The number of hydrogen-bond acceptors (Lipinski definition) is 4. The normalized spacial score (nSPS) is 13.5. The predicted octanol–water partition coefficient (Wildman–Crippen LogP) is 5.94. The second kappa shape index (κ2) is 13.7. The Morgan fingerprint density at radius 3 is 2.39 bits per heavy atom. The smallest absolute Gasteiger partial charge is 0.347 e. The molecule has 2 aromatic carbocycles. The Morgan fingerprint density at radius 1 is 1.03 bits per heavy atom. The first kappa shape index (κ1) is 29.7. The summed E-state index contributed by atoms with van der Waals surface area (Å²) in [5.41, 5.74) is -0.656. The molecule has 0 radical (unpaired) electrons. The molecule has 2 aromatic rings. The van der Waals surface area contributed by atoms with Gasteiger partial charge in [0.05, 0.1) is 5.75 Å². The van der Waals surface area contributed by atoms with E-state index in [-0.39, 0.29) is 18.5 Å². The van der Waals surface area contributed by atoms with E-state index in [1.165, 1.54) is 11.2 Å². The van der Waals surface area contributed by atoms with Crippen molar-refractivity contribution in [2.24, 2.45) is 0 Å². The standard InChI is InChI=1S/C27H37F2NO5S/c1-4-6-7-8-9-16-30(36(33,34)20-22-13-14-23(28)19-25(22)29)17-15-21-11-10-12-24(18-21)35-27(3,5-2)26(31)32/h10-14,18-19H,4-9,15-17,20H2,1-3H3,(H,31,32). The third-order valence-corrected chi connectivity index (χ3v) is 8.10. The van der Waals surface area contributed by atoms with E-state index in [0.717, 1.165) is 43.4 Å². The SMILES string of the molecule is CCCCCCCN(CCc1cccc(OC(C)(CC)C(=O)O)c1)S(=O)(=O)Cc1ccc(F)cc1F. The summed E-state index contributed by atoms with van der Waals surface area (Å²) in [4.78, 5) is 11.6. The lowest BCUT2D eigenvalue weighted by Crippen LogP contribution is -2.40. The second-order valence-electron chi connectivity index (χ2n) is 9.19. The van der Waals surface area contributed by atoms with Gasteiger partial charge in [-0.15, -0.1) is 0 Å². The average Bonchev–Trinajstić information content (AvgIpc) is 2.82. The number of aliphatic carboxylic acids is 1. The summed E-state index contributed by atoms with van der Waals surface area (Å²) in [6, 6.07) is 9.84. The monoisotopic (exact) mass is 525 g/mol. The van der Waals surface area contributed by atoms with Crippen molar-refractivity contribution in [3.05, 3.63) is 65.2 Å². The van der Waals surface area contributed by atoms with Crippen molar-refractivity contribution in [2.45, 2.75) is 77.1 Å². The van der Waals surface area contributed by atoms with Gasteiger partial charge in [-0.25, -0.2) is 26.3 Å². The molecule has 6 nitrogen and oxygen atoms in total. The molecule has 0 saturated carbocycles. The first-order chi connectivity index (χ1) is 17.0. The first-order valence-electron chi connectivity index (χ1n) is 12.4. The summed E-state index contributed by atoms with van der Waals surface area (Å²) in [7, 11) is -3.87. The number of rotatable bonds is 16. The topological polar surface area (TPSA) is 83.9 Å². The zero-order chi connectivity index (χ0) is 26.8. The van der Waals surface area contributed by atoms with Crippen LogP contribution in [-0.4, -0.2) is 42.5 Å². The summed E-state index contributed by atoms with van der Waals surface area (Å²) < 4.78 is 61.0. The van der Waals surface area contributed by atoms with Crippen LogP contribution in [0.1, 0.15) is 70.4 Å². The molecule has 36 heavy (non-hydrogen) atoms. The van der Waals surface area contributed by atoms with Crippen LogP contribution in [0.4, 0.5) is 8.78 Å². The molecule has 0 aliphatic rings. The van der Waals surface area contributed by atoms with Crippen molar-refractivity contribution in [2.75, 3.05) is 13.1 Å². The molecular formula is C27H37F2NO5S. The van der Waals surface area contributed by atoms with E-state index in [9.17, 15) is 27.1 Å². The lowest BCUT2D eigenvalue weighted by Gasteiger charge is -2.25. The maximum absolute atomic E-state index is 14.2. The van der Waals surface area contributed by atoms with Gasteiger partial charge in [-0.3, -0.25) is 0 Å². The number of carboxylic acid groups (broad SMARTS) is 1. The molecule has 0 aromatic heterocycles. The average molecular weight is 526 g/mol. The van der Waals surface area contributed by atoms with Gasteiger partial charge in [0.25, 0.3) is 0 Å². The predicted molar refractivity (Wildman–Crippen MR) is 136 cm³/mol. The third-order valence-electron chi connectivity index (χ3n) is 6.28. The zero-order valence-electron chi connectivity index (χ0n) is 21.3. The van der Waals surface area contributed by atoms with Gasteiger partial charge < -0.3 is 9.84 Å². The van der Waals surface area contributed by atoms with E-state index in [4.69, 9.17) is 4.74 Å². The minimum atomic E-state index is -3.87. The highest BCUT2D eigenvalue weighted by Crippen LogP contribution is 2.24. The maximum atomic E-state index is 14.2. The Hall–Kier alpha value is -2.52. The van der Waals surface area contributed by atoms with Crippen LogP contribution in [-0.2, 0) is 27.0 Å². The fourth-order valence-electron chi connectivity index (χ4n) is 3.75. The third kappa shape index (κ3) is 8.85. The van der Waals surface area contributed by atoms with Crippen LogP contribution in [0.3, 0.4) is 0 Å². The molecule has 200 valence electrons. The highest BCUT2D eigenvalue weighted by atomic mass is 32.2. The molecule has 2 rings (SSSR count). The number of carboxylic acids is 1. The number of halogens is 2. The number of nitrogens with zero attached hydrogens (tertiary/aromatic N) is 1. The minimum absolute atomic E-state index is 0.0738. The summed E-state index contributed by atoms with van der Waals surface area (Å²) >= 11 is 0. The van der Waals surface area contributed by atoms with Gasteiger partial charge in [-0.1, -0.05) is 57.7 Å². The van der Waals surface area contributed by atoms with Gasteiger partial charge in [0.2, 0.25) is 15.6 Å². The number of unbranched alkanes of at least 4 members (excludes halogenated alkanes) is 4. The van der Waals surface area contributed by atoms with Crippen LogP contribution in [0, 0.1) is 11.6 Å². The molecule has 9 heteroatoms. The van der Waals surface area contributed by atoms with Crippen molar-refractivity contribution < 1.29 is 31.8 Å². The van der Waals surface area contributed by atoms with E-state index in [1.807, 2.05) is 6.07 Å². The van der Waals surface area contributed by atoms with Gasteiger partial charge in [-0.2, -0.15) is 0 Å². The Labute approximate surface area is 213 Å². The molecule has 1 atom stereocenters. The van der Waals surface area contributed by atoms with Crippen molar-refractivity contribution in [3.63, 3.8) is 0 Å². The second-order valence-corrected chi connectivity index (χ2v) is 11.2. The highest BCUT2D eigenvalue weighted by Gasteiger charge is 2.33. The molecular weight excluding hydrogens is 488 g/mol. The van der Waals surface area contributed by atoms with Crippen LogP contribution in [0.25, 0.3) is 0 Å². The van der Waals surface area contributed by atoms with Crippen LogP contribution in [0.2, 0.25) is 0 Å². The minimum Gasteiger partial charge on any atom is -0.478 e. The summed E-state index contributed by atoms with van der Waals surface area (Å²) in [6.45, 7) is 5.81. The fraction of sp³-hybridized carbons (Fsp3) is 0.519. The van der Waals surface area contributed by atoms with Crippen molar-refractivity contribution in [3.8, 4) is 5.75 Å². The molecule has 0 aliphatic carbocycles. The van der Waals surface area contributed by atoms with Gasteiger partial charge in [-0.05, 0) is 49.9 Å². The highest BCUT2D eigenvalue weighted by molar-refractivity contribution is 7.88. The number of sulfonamides is 1. The van der Waals surface area contributed by atoms with E-state index < -0.39 is 39.0 Å². The van der Waals surface area contributed by atoms with Gasteiger partial charge >= 0.3 is 5.97 Å². The Bertz CT molecular complexity index is 1110. The van der Waals surface area contributed by atoms with E-state index in [0.29, 0.717) is 31.2 Å². The van der Waals surface area contributed by atoms with Gasteiger partial charge in [0.1, 0.15) is 17.4 Å². The molecule has 0 spiro atoms. The Balaban J connectivity index is 2.16. The molecule has 1 unspecified atom stereocenters. The Morgan fingerprint density at radius 2 is 1.75 bits per heavy atom. The van der Waals surface area contributed by atoms with Crippen molar-refractivity contribution in [1.82, 2.24) is 4.31 Å². The summed E-state index contributed by atoms with van der Waals surface area (Å²) in [5, 5.41) is 9.48. The number of carbonyl (C=O) groups is 1. The number of ether oxygens (including phenoxy) is 1. The van der Waals surface area contributed by atoms with Crippen LogP contribution in [0.5, 0.6) is 5.75 Å². The quantitative estimate of drug-likeness (QED) is 0.274. The van der Waals surface area contributed by atoms with Crippen LogP contribution in [0.15, 0.2) is 42.5 Å². The van der Waals surface area contributed by atoms with E-state index in [1.54, 1.807) is 25.1 Å². The van der Waals surface area contributed by atoms with E-state index in [2.05, 4.69) is 6.92 Å². The summed E-state index contributed by atoms with van der Waals surface area (Å²) in [6.07, 6.45) is 5.37. The maximum Gasteiger partial charge on any atom is 0.347 e. The fourth-order valence-corrected chi connectivity index (χ4v) is 5.34. The zero-order valence-corrected chi connectivity index (χ0v) is 22.1. The van der Waals surface area contributed by atoms with Crippen LogP contribution < -0.4 is 4.74 Å². The molecule has 0 bridgehead atoms. The van der Waals surface area contributed by atoms with Gasteiger partial charge in [0.15, 0.2) is 0 Å². The molecule has 0 saturated heterocycles. The Kier molecular flexibility index (Phi) is 11.3. The lowest BCUT2D eigenvalue weighted by molar-refractivity contribution is -0.154. The largest absolute Gasteiger partial charge is 0.478 e. The molecule has 1 N–H and O–H groups in total. The number of benzene rings is 2. The molecule has 0 fully saturated rings. The summed E-state index contributed by atoms with van der Waals surface area (Å²) in [5.74, 6) is -2.87. The van der Waals surface area contributed by atoms with Crippen molar-refractivity contribution >= 4 is 16.0 Å². The molecule has 0 aliphatic heterocycles. The molecule has 0 amide bonds. The molecule has 0 heterocycles.